The number of amides is 1. The number of esters is 1. The monoisotopic (exact) mass is 476 g/mol. The molecule has 188 valence electrons. The molecule has 1 amide bonds. The fourth-order valence-electron chi connectivity index (χ4n) is 3.69. The summed E-state index contributed by atoms with van der Waals surface area (Å²) in [6, 6.07) is 16.5. The van der Waals surface area contributed by atoms with Crippen molar-refractivity contribution >= 4 is 24.2 Å². The second-order valence-electron chi connectivity index (χ2n) is 8.81. The third-order valence-electron chi connectivity index (χ3n) is 5.72. The lowest BCUT2D eigenvalue weighted by molar-refractivity contribution is -0.129. The lowest BCUT2D eigenvalue weighted by Crippen LogP contribution is -2.16. The molecule has 0 fully saturated rings. The van der Waals surface area contributed by atoms with E-state index in [1.54, 1.807) is 36.6 Å². The molecule has 2 aromatic carbocycles. The Morgan fingerprint density at radius 1 is 0.771 bits per heavy atom. The topological polar surface area (TPSA) is 67.8 Å². The fourth-order valence-corrected chi connectivity index (χ4v) is 3.69. The standard InChI is InChI=1S/C30H40N2O3/c1-2-3-4-5-6-7-8-9-10-11-15-18-29(33)32-31-25-27-19-22-28(23-20-27)35-30(34)24-21-26-16-13-12-14-17-26/h12-14,16-17,19-25H,2-11,15,18H2,1H3,(H,32,33). The minimum absolute atomic E-state index is 0.0621. The molecule has 1 N–H and O–H groups in total. The number of rotatable bonds is 17. The number of ether oxygens (including phenoxy) is 1. The van der Waals surface area contributed by atoms with E-state index in [0.29, 0.717) is 12.2 Å². The highest BCUT2D eigenvalue weighted by atomic mass is 16.5. The van der Waals surface area contributed by atoms with Gasteiger partial charge in [-0.2, -0.15) is 5.10 Å². The Kier molecular flexibility index (Phi) is 14.5. The van der Waals surface area contributed by atoms with E-state index in [-0.39, 0.29) is 5.91 Å². The van der Waals surface area contributed by atoms with Crippen molar-refractivity contribution in [3.8, 4) is 5.75 Å². The van der Waals surface area contributed by atoms with Crippen molar-refractivity contribution in [1.29, 1.82) is 0 Å². The van der Waals surface area contributed by atoms with Crippen LogP contribution in [0.1, 0.15) is 95.1 Å². The van der Waals surface area contributed by atoms with Gasteiger partial charge in [0.1, 0.15) is 5.75 Å². The molecule has 0 unspecified atom stereocenters. The summed E-state index contributed by atoms with van der Waals surface area (Å²) >= 11 is 0. The normalized spacial score (nSPS) is 11.2. The summed E-state index contributed by atoms with van der Waals surface area (Å²) in [5.74, 6) is -0.0525. The van der Waals surface area contributed by atoms with Crippen LogP contribution in [0.15, 0.2) is 65.8 Å². The minimum Gasteiger partial charge on any atom is -0.423 e. The lowest BCUT2D eigenvalue weighted by atomic mass is 10.1. The van der Waals surface area contributed by atoms with E-state index in [9.17, 15) is 9.59 Å². The van der Waals surface area contributed by atoms with Crippen molar-refractivity contribution in [3.63, 3.8) is 0 Å². The van der Waals surface area contributed by atoms with Crippen molar-refractivity contribution in [2.75, 3.05) is 0 Å². The van der Waals surface area contributed by atoms with E-state index in [0.717, 1.165) is 24.0 Å². The van der Waals surface area contributed by atoms with E-state index in [1.807, 2.05) is 30.3 Å². The van der Waals surface area contributed by atoms with E-state index in [4.69, 9.17) is 4.74 Å². The maximum absolute atomic E-state index is 12.0. The first-order chi connectivity index (χ1) is 17.2. The number of hydrazone groups is 1. The number of hydrogen-bond donors (Lipinski definition) is 1. The first kappa shape index (κ1) is 28.0. The van der Waals surface area contributed by atoms with Crippen LogP contribution in [-0.4, -0.2) is 18.1 Å². The molecule has 5 nitrogen and oxygen atoms in total. The smallest absolute Gasteiger partial charge is 0.336 e. The van der Waals surface area contributed by atoms with Crippen molar-refractivity contribution in [2.45, 2.75) is 84.0 Å². The molecular formula is C30H40N2O3. The Morgan fingerprint density at radius 3 is 2.00 bits per heavy atom. The molecule has 35 heavy (non-hydrogen) atoms. The molecule has 0 saturated carbocycles. The van der Waals surface area contributed by atoms with Gasteiger partial charge in [0.2, 0.25) is 5.91 Å². The Balaban J connectivity index is 1.54. The van der Waals surface area contributed by atoms with Gasteiger partial charge in [-0.1, -0.05) is 101 Å². The number of carbonyl (C=O) groups excluding carboxylic acids is 2. The van der Waals surface area contributed by atoms with Crippen molar-refractivity contribution in [1.82, 2.24) is 5.43 Å². The molecule has 0 heterocycles. The van der Waals surface area contributed by atoms with Gasteiger partial charge in [0.05, 0.1) is 6.21 Å². The zero-order chi connectivity index (χ0) is 25.0. The third kappa shape index (κ3) is 13.9. The summed E-state index contributed by atoms with van der Waals surface area (Å²) in [6.45, 7) is 2.25. The largest absolute Gasteiger partial charge is 0.423 e. The Morgan fingerprint density at radius 2 is 1.37 bits per heavy atom. The van der Waals surface area contributed by atoms with Gasteiger partial charge in [-0.15, -0.1) is 0 Å². The van der Waals surface area contributed by atoms with Crippen molar-refractivity contribution in [3.05, 3.63) is 71.8 Å². The van der Waals surface area contributed by atoms with Gasteiger partial charge in [0.15, 0.2) is 0 Å². The number of nitrogens with zero attached hydrogens (tertiary/aromatic N) is 1. The number of hydrogen-bond acceptors (Lipinski definition) is 4. The molecule has 0 radical (unpaired) electrons. The molecule has 5 heteroatoms. The maximum atomic E-state index is 12.0. The van der Waals surface area contributed by atoms with Crippen LogP contribution in [0.25, 0.3) is 6.08 Å². The van der Waals surface area contributed by atoms with Crippen LogP contribution < -0.4 is 10.2 Å². The molecule has 0 aliphatic rings. The van der Waals surface area contributed by atoms with Crippen LogP contribution in [-0.2, 0) is 9.59 Å². The maximum Gasteiger partial charge on any atom is 0.336 e. The minimum atomic E-state index is -0.440. The van der Waals surface area contributed by atoms with Crippen LogP contribution in [0.3, 0.4) is 0 Å². The van der Waals surface area contributed by atoms with Gasteiger partial charge < -0.3 is 4.74 Å². The number of nitrogens with one attached hydrogen (secondary N) is 1. The lowest BCUT2D eigenvalue weighted by Gasteiger charge is -2.03. The van der Waals surface area contributed by atoms with E-state index in [2.05, 4.69) is 17.5 Å². The number of benzene rings is 2. The molecule has 0 aliphatic carbocycles. The number of carbonyl (C=O) groups is 2. The van der Waals surface area contributed by atoms with Crippen LogP contribution in [0.5, 0.6) is 5.75 Å². The predicted octanol–water partition coefficient (Wildman–Crippen LogP) is 7.46. The van der Waals surface area contributed by atoms with Crippen LogP contribution in [0.4, 0.5) is 0 Å². The quantitative estimate of drug-likeness (QED) is 0.0643. The van der Waals surface area contributed by atoms with E-state index in [1.165, 1.54) is 63.9 Å². The van der Waals surface area contributed by atoms with Gasteiger partial charge >= 0.3 is 5.97 Å². The summed E-state index contributed by atoms with van der Waals surface area (Å²) in [4.78, 5) is 23.9. The third-order valence-corrected chi connectivity index (χ3v) is 5.72. The van der Waals surface area contributed by atoms with Gasteiger partial charge in [0.25, 0.3) is 0 Å². The van der Waals surface area contributed by atoms with E-state index >= 15 is 0 Å². The zero-order valence-electron chi connectivity index (χ0n) is 21.1. The summed E-state index contributed by atoms with van der Waals surface area (Å²) in [5.41, 5.74) is 4.32. The molecule has 0 aliphatic heterocycles. The fraction of sp³-hybridized carbons (Fsp3) is 0.433. The number of unbranched alkanes of at least 4 members (excludes halogenated alkanes) is 10. The SMILES string of the molecule is CCCCCCCCCCCCCC(=O)NN=Cc1ccc(OC(=O)C=Cc2ccccc2)cc1. The van der Waals surface area contributed by atoms with Crippen molar-refractivity contribution in [2.24, 2.45) is 5.10 Å². The Bertz CT molecular complexity index is 905. The van der Waals surface area contributed by atoms with Crippen molar-refractivity contribution < 1.29 is 14.3 Å². The second kappa shape index (κ2) is 18.2. The van der Waals surface area contributed by atoms with Gasteiger partial charge in [-0.3, -0.25) is 4.79 Å². The molecule has 0 aromatic heterocycles. The summed E-state index contributed by atoms with van der Waals surface area (Å²) in [6.07, 6.45) is 19.1. The Labute approximate surface area is 210 Å². The van der Waals surface area contributed by atoms with E-state index < -0.39 is 5.97 Å². The Hall–Kier alpha value is -3.21. The molecule has 0 saturated heterocycles. The summed E-state index contributed by atoms with van der Waals surface area (Å²) < 4.78 is 5.30. The first-order valence-electron chi connectivity index (χ1n) is 13.0. The molecule has 0 bridgehead atoms. The molecule has 2 rings (SSSR count). The molecule has 0 atom stereocenters. The molecular weight excluding hydrogens is 436 g/mol. The second-order valence-corrected chi connectivity index (χ2v) is 8.81. The van der Waals surface area contributed by atoms with Gasteiger partial charge in [-0.25, -0.2) is 10.2 Å². The predicted molar refractivity (Wildman–Crippen MR) is 144 cm³/mol. The highest BCUT2D eigenvalue weighted by Gasteiger charge is 2.02. The van der Waals surface area contributed by atoms with Crippen LogP contribution in [0, 0.1) is 0 Å². The average Bonchev–Trinajstić information content (AvgIpc) is 2.88. The first-order valence-corrected chi connectivity index (χ1v) is 13.0. The zero-order valence-corrected chi connectivity index (χ0v) is 21.1. The highest BCUT2D eigenvalue weighted by Crippen LogP contribution is 2.13. The summed E-state index contributed by atoms with van der Waals surface area (Å²) in [5, 5.41) is 4.02. The molecule has 2 aromatic rings. The van der Waals surface area contributed by atoms with Crippen LogP contribution >= 0.6 is 0 Å². The highest BCUT2D eigenvalue weighted by molar-refractivity contribution is 5.89. The average molecular weight is 477 g/mol. The van der Waals surface area contributed by atoms with Crippen LogP contribution in [0.2, 0.25) is 0 Å². The van der Waals surface area contributed by atoms with Gasteiger partial charge in [0, 0.05) is 12.5 Å². The summed E-state index contributed by atoms with van der Waals surface area (Å²) in [7, 11) is 0. The molecule has 0 spiro atoms. The van der Waals surface area contributed by atoms with Gasteiger partial charge in [-0.05, 0) is 47.9 Å².